The first kappa shape index (κ1) is 15.3. The Morgan fingerprint density at radius 3 is 2.95 bits per heavy atom. The van der Waals surface area contributed by atoms with Gasteiger partial charge in [0.25, 0.3) is 5.91 Å². The SMILES string of the molecule is COc1csc(C(=O)NCc2cccnc2OC(C)C)c1. The lowest BCUT2D eigenvalue weighted by Gasteiger charge is -2.13. The number of rotatable bonds is 6. The van der Waals surface area contributed by atoms with Crippen LogP contribution in [0.15, 0.2) is 29.8 Å². The monoisotopic (exact) mass is 306 g/mol. The van der Waals surface area contributed by atoms with Crippen LogP contribution in [0, 0.1) is 0 Å². The van der Waals surface area contributed by atoms with E-state index in [0.29, 0.717) is 23.1 Å². The lowest BCUT2D eigenvalue weighted by atomic mass is 10.2. The van der Waals surface area contributed by atoms with Gasteiger partial charge >= 0.3 is 0 Å². The van der Waals surface area contributed by atoms with Crippen LogP contribution < -0.4 is 14.8 Å². The third-order valence-corrected chi connectivity index (χ3v) is 3.58. The third kappa shape index (κ3) is 4.19. The number of ether oxygens (including phenoxy) is 2. The Bertz CT molecular complexity index is 610. The van der Waals surface area contributed by atoms with Gasteiger partial charge in [0.05, 0.1) is 18.1 Å². The Kier molecular flexibility index (Phi) is 5.16. The van der Waals surface area contributed by atoms with E-state index in [2.05, 4.69) is 10.3 Å². The maximum atomic E-state index is 12.1. The summed E-state index contributed by atoms with van der Waals surface area (Å²) in [4.78, 5) is 16.9. The number of pyridine rings is 1. The molecule has 0 fully saturated rings. The average molecular weight is 306 g/mol. The molecule has 2 rings (SSSR count). The molecule has 0 aliphatic carbocycles. The first-order valence-electron chi connectivity index (χ1n) is 6.61. The highest BCUT2D eigenvalue weighted by molar-refractivity contribution is 7.12. The fourth-order valence-corrected chi connectivity index (χ4v) is 2.47. The van der Waals surface area contributed by atoms with E-state index in [0.717, 1.165) is 5.56 Å². The van der Waals surface area contributed by atoms with Gasteiger partial charge in [0.2, 0.25) is 5.88 Å². The summed E-state index contributed by atoms with van der Waals surface area (Å²) in [6.45, 7) is 4.25. The van der Waals surface area contributed by atoms with Gasteiger partial charge in [-0.3, -0.25) is 4.79 Å². The Labute approximate surface area is 127 Å². The van der Waals surface area contributed by atoms with E-state index in [1.54, 1.807) is 24.8 Å². The van der Waals surface area contributed by atoms with Gasteiger partial charge in [-0.1, -0.05) is 6.07 Å². The lowest BCUT2D eigenvalue weighted by molar-refractivity contribution is 0.0954. The predicted octanol–water partition coefficient (Wildman–Crippen LogP) is 2.87. The van der Waals surface area contributed by atoms with E-state index in [1.165, 1.54) is 11.3 Å². The highest BCUT2D eigenvalue weighted by Gasteiger charge is 2.11. The summed E-state index contributed by atoms with van der Waals surface area (Å²) in [7, 11) is 1.58. The van der Waals surface area contributed by atoms with Crippen molar-refractivity contribution in [3.63, 3.8) is 0 Å². The van der Waals surface area contributed by atoms with Gasteiger partial charge in [0, 0.05) is 29.8 Å². The molecule has 0 unspecified atom stereocenters. The van der Waals surface area contributed by atoms with Crippen molar-refractivity contribution in [3.05, 3.63) is 40.2 Å². The minimum atomic E-state index is -0.136. The Balaban J connectivity index is 2.01. The average Bonchev–Trinajstić information content (AvgIpc) is 2.94. The molecule has 2 heterocycles. The molecule has 1 amide bonds. The maximum absolute atomic E-state index is 12.1. The minimum Gasteiger partial charge on any atom is -0.496 e. The molecule has 0 spiro atoms. The van der Waals surface area contributed by atoms with E-state index in [9.17, 15) is 4.79 Å². The van der Waals surface area contributed by atoms with Gasteiger partial charge in [-0.2, -0.15) is 0 Å². The molecule has 1 N–H and O–H groups in total. The number of carbonyl (C=O) groups is 1. The summed E-state index contributed by atoms with van der Waals surface area (Å²) in [5, 5.41) is 4.66. The molecule has 0 radical (unpaired) electrons. The zero-order valence-electron chi connectivity index (χ0n) is 12.3. The lowest BCUT2D eigenvalue weighted by Crippen LogP contribution is -2.22. The predicted molar refractivity (Wildman–Crippen MR) is 82.0 cm³/mol. The van der Waals surface area contributed by atoms with Gasteiger partial charge in [0.1, 0.15) is 5.75 Å². The normalized spacial score (nSPS) is 10.5. The Hall–Kier alpha value is -2.08. The molecule has 112 valence electrons. The summed E-state index contributed by atoms with van der Waals surface area (Å²) in [6.07, 6.45) is 1.71. The summed E-state index contributed by atoms with van der Waals surface area (Å²) in [5.41, 5.74) is 0.850. The van der Waals surface area contributed by atoms with E-state index < -0.39 is 0 Å². The third-order valence-electron chi connectivity index (χ3n) is 2.67. The van der Waals surface area contributed by atoms with Crippen LogP contribution in [0.25, 0.3) is 0 Å². The molecule has 0 aliphatic rings. The van der Waals surface area contributed by atoms with E-state index in [4.69, 9.17) is 9.47 Å². The fraction of sp³-hybridized carbons (Fsp3) is 0.333. The molecule has 0 atom stereocenters. The van der Waals surface area contributed by atoms with E-state index in [1.807, 2.05) is 26.0 Å². The van der Waals surface area contributed by atoms with Crippen molar-refractivity contribution in [3.8, 4) is 11.6 Å². The number of carbonyl (C=O) groups excluding carboxylic acids is 1. The number of hydrogen-bond donors (Lipinski definition) is 1. The number of hydrogen-bond acceptors (Lipinski definition) is 5. The molecule has 2 aromatic rings. The quantitative estimate of drug-likeness (QED) is 0.891. The molecule has 0 aromatic carbocycles. The summed E-state index contributed by atoms with van der Waals surface area (Å²) in [5.74, 6) is 1.11. The number of amides is 1. The zero-order valence-corrected chi connectivity index (χ0v) is 13.1. The largest absolute Gasteiger partial charge is 0.496 e. The minimum absolute atomic E-state index is 0.0379. The van der Waals surface area contributed by atoms with E-state index >= 15 is 0 Å². The molecule has 2 aromatic heterocycles. The van der Waals surface area contributed by atoms with E-state index in [-0.39, 0.29) is 12.0 Å². The highest BCUT2D eigenvalue weighted by Crippen LogP contribution is 2.21. The van der Waals surface area contributed by atoms with Crippen LogP contribution in [0.2, 0.25) is 0 Å². The van der Waals surface area contributed by atoms with Crippen molar-refractivity contribution in [1.29, 1.82) is 0 Å². The molecule has 0 bridgehead atoms. The van der Waals surface area contributed by atoms with Crippen LogP contribution in [0.3, 0.4) is 0 Å². The van der Waals surface area contributed by atoms with Gasteiger partial charge in [0.15, 0.2) is 0 Å². The smallest absolute Gasteiger partial charge is 0.261 e. The number of methoxy groups -OCH3 is 1. The highest BCUT2D eigenvalue weighted by atomic mass is 32.1. The summed E-state index contributed by atoms with van der Waals surface area (Å²) >= 11 is 1.35. The molecule has 6 heteroatoms. The van der Waals surface area contributed by atoms with Gasteiger partial charge < -0.3 is 14.8 Å². The number of aromatic nitrogens is 1. The van der Waals surface area contributed by atoms with Crippen LogP contribution in [0.1, 0.15) is 29.1 Å². The van der Waals surface area contributed by atoms with Crippen molar-refractivity contribution >= 4 is 17.2 Å². The summed E-state index contributed by atoms with van der Waals surface area (Å²) in [6, 6.07) is 5.43. The molecule has 21 heavy (non-hydrogen) atoms. The second-order valence-electron chi connectivity index (χ2n) is 4.67. The molecule has 0 saturated heterocycles. The van der Waals surface area contributed by atoms with Crippen molar-refractivity contribution < 1.29 is 14.3 Å². The number of nitrogens with one attached hydrogen (secondary N) is 1. The van der Waals surface area contributed by atoms with Crippen molar-refractivity contribution in [2.24, 2.45) is 0 Å². The molecule has 0 aliphatic heterocycles. The van der Waals surface area contributed by atoms with Gasteiger partial charge in [-0.05, 0) is 19.9 Å². The molecular weight excluding hydrogens is 288 g/mol. The van der Waals surface area contributed by atoms with Crippen molar-refractivity contribution in [2.45, 2.75) is 26.5 Å². The Morgan fingerprint density at radius 2 is 2.29 bits per heavy atom. The topological polar surface area (TPSA) is 60.5 Å². The van der Waals surface area contributed by atoms with Crippen molar-refractivity contribution in [2.75, 3.05) is 7.11 Å². The van der Waals surface area contributed by atoms with Crippen LogP contribution in [-0.4, -0.2) is 24.1 Å². The molecule has 0 saturated carbocycles. The first-order valence-corrected chi connectivity index (χ1v) is 7.49. The second-order valence-corrected chi connectivity index (χ2v) is 5.58. The van der Waals surface area contributed by atoms with Crippen LogP contribution in [-0.2, 0) is 6.54 Å². The van der Waals surface area contributed by atoms with Crippen LogP contribution >= 0.6 is 11.3 Å². The van der Waals surface area contributed by atoms with Crippen molar-refractivity contribution in [1.82, 2.24) is 10.3 Å². The van der Waals surface area contributed by atoms with Gasteiger partial charge in [-0.15, -0.1) is 11.3 Å². The Morgan fingerprint density at radius 1 is 1.48 bits per heavy atom. The van der Waals surface area contributed by atoms with Gasteiger partial charge in [-0.25, -0.2) is 4.98 Å². The maximum Gasteiger partial charge on any atom is 0.261 e. The molecular formula is C15H18N2O3S. The number of thiophene rings is 1. The van der Waals surface area contributed by atoms with Crippen LogP contribution in [0.5, 0.6) is 11.6 Å². The standard InChI is InChI=1S/C15H18N2O3S/c1-10(2)20-15-11(5-4-6-16-15)8-17-14(18)13-7-12(19-3)9-21-13/h4-7,9-10H,8H2,1-3H3,(H,17,18). The summed E-state index contributed by atoms with van der Waals surface area (Å²) < 4.78 is 10.7. The second kappa shape index (κ2) is 7.08. The fourth-order valence-electron chi connectivity index (χ4n) is 1.70. The first-order chi connectivity index (χ1) is 10.1. The number of nitrogens with zero attached hydrogens (tertiary/aromatic N) is 1. The zero-order chi connectivity index (χ0) is 15.2. The van der Waals surface area contributed by atoms with Crippen LogP contribution in [0.4, 0.5) is 0 Å². The molecule has 5 nitrogen and oxygen atoms in total.